The van der Waals surface area contributed by atoms with Gasteiger partial charge in [-0.15, -0.1) is 0 Å². The Hall–Kier alpha value is -3.46. The second kappa shape index (κ2) is 8.96. The van der Waals surface area contributed by atoms with Crippen molar-refractivity contribution in [2.45, 2.75) is 26.8 Å². The van der Waals surface area contributed by atoms with E-state index in [0.717, 1.165) is 28.1 Å². The summed E-state index contributed by atoms with van der Waals surface area (Å²) in [6.07, 6.45) is 5.87. The molecule has 4 rings (SSSR count). The number of hydrogen-bond donors (Lipinski definition) is 1. The number of carbonyl (C=O) groups excluding carboxylic acids is 1. The lowest BCUT2D eigenvalue weighted by Gasteiger charge is -2.36. The van der Waals surface area contributed by atoms with Crippen LogP contribution in [0.1, 0.15) is 22.4 Å². The summed E-state index contributed by atoms with van der Waals surface area (Å²) in [6, 6.07) is 3.83. The van der Waals surface area contributed by atoms with E-state index in [1.54, 1.807) is 30.6 Å². The lowest BCUT2D eigenvalue weighted by atomic mass is 10.1. The van der Waals surface area contributed by atoms with Crippen molar-refractivity contribution in [3.8, 4) is 5.75 Å². The van der Waals surface area contributed by atoms with Gasteiger partial charge in [-0.1, -0.05) is 17.7 Å². The number of amides is 1. The minimum absolute atomic E-state index is 0.0477. The van der Waals surface area contributed by atoms with Crippen LogP contribution in [0, 0.1) is 13.8 Å². The number of rotatable bonds is 6. The molecule has 4 heterocycles. The fourth-order valence-electron chi connectivity index (χ4n) is 3.90. The highest BCUT2D eigenvalue weighted by molar-refractivity contribution is 6.33. The van der Waals surface area contributed by atoms with Gasteiger partial charge in [0, 0.05) is 36.3 Å². The maximum absolute atomic E-state index is 13.2. The summed E-state index contributed by atoms with van der Waals surface area (Å²) in [7, 11) is 1.63. The molecule has 1 amide bonds. The highest BCUT2D eigenvalue weighted by Crippen LogP contribution is 2.38. The number of fused-ring (bicyclic) bond motifs is 1. The molecule has 2 N–H and O–H groups in total. The first-order valence-corrected chi connectivity index (χ1v) is 10.5. The Labute approximate surface area is 191 Å². The van der Waals surface area contributed by atoms with Gasteiger partial charge in [0.2, 0.25) is 11.9 Å². The molecule has 3 aromatic heterocycles. The smallest absolute Gasteiger partial charge is 0.246 e. The molecule has 3 aromatic rings. The van der Waals surface area contributed by atoms with Gasteiger partial charge in [0.1, 0.15) is 11.4 Å². The number of nitrogens with zero attached hydrogens (tertiary/aromatic N) is 6. The van der Waals surface area contributed by atoms with E-state index in [0.29, 0.717) is 31.0 Å². The van der Waals surface area contributed by atoms with Crippen molar-refractivity contribution in [3.63, 3.8) is 0 Å². The van der Waals surface area contributed by atoms with Crippen molar-refractivity contribution in [2.24, 2.45) is 0 Å². The Kier molecular flexibility index (Phi) is 6.09. The molecule has 0 spiro atoms. The summed E-state index contributed by atoms with van der Waals surface area (Å²) < 4.78 is 5.52. The number of methoxy groups -OCH3 is 1. The molecule has 9 nitrogen and oxygen atoms in total. The molecule has 0 fully saturated rings. The van der Waals surface area contributed by atoms with E-state index < -0.39 is 0 Å². The molecule has 0 saturated carbocycles. The Morgan fingerprint density at radius 3 is 2.78 bits per heavy atom. The van der Waals surface area contributed by atoms with Crippen LogP contribution >= 0.6 is 11.6 Å². The third-order valence-electron chi connectivity index (χ3n) is 5.47. The molecule has 32 heavy (non-hydrogen) atoms. The van der Waals surface area contributed by atoms with Gasteiger partial charge in [0.25, 0.3) is 0 Å². The second-order valence-electron chi connectivity index (χ2n) is 7.60. The first-order chi connectivity index (χ1) is 15.4. The summed E-state index contributed by atoms with van der Waals surface area (Å²) in [6.45, 7) is 4.78. The van der Waals surface area contributed by atoms with Gasteiger partial charge in [-0.2, -0.15) is 9.97 Å². The third kappa shape index (κ3) is 4.16. The minimum Gasteiger partial charge on any atom is -0.496 e. The van der Waals surface area contributed by atoms with Crippen LogP contribution in [0.15, 0.2) is 30.7 Å². The molecule has 0 radical (unpaired) electrons. The molecule has 0 unspecified atom stereocenters. The molecule has 166 valence electrons. The van der Waals surface area contributed by atoms with Gasteiger partial charge in [-0.25, -0.2) is 0 Å². The van der Waals surface area contributed by atoms with Crippen LogP contribution in [0.25, 0.3) is 0 Å². The lowest BCUT2D eigenvalue weighted by Crippen LogP contribution is -2.47. The molecular formula is C22H24ClN7O2. The van der Waals surface area contributed by atoms with Gasteiger partial charge in [0.15, 0.2) is 11.0 Å². The van der Waals surface area contributed by atoms with Gasteiger partial charge < -0.3 is 20.3 Å². The minimum atomic E-state index is -0.103. The molecule has 0 aliphatic carbocycles. The summed E-state index contributed by atoms with van der Waals surface area (Å²) in [5.74, 6) is 1.23. The normalized spacial score (nSPS) is 13.3. The molecule has 0 bridgehead atoms. The number of nitrogens with two attached hydrogens (primary N) is 1. The predicted molar refractivity (Wildman–Crippen MR) is 123 cm³/mol. The maximum atomic E-state index is 13.2. The molecule has 0 saturated heterocycles. The molecule has 1 aliphatic rings. The predicted octanol–water partition coefficient (Wildman–Crippen LogP) is 2.72. The Bertz CT molecular complexity index is 1160. The van der Waals surface area contributed by atoms with Crippen LogP contribution in [0.3, 0.4) is 0 Å². The van der Waals surface area contributed by atoms with E-state index in [1.807, 2.05) is 30.9 Å². The average Bonchev–Trinajstić information content (AvgIpc) is 2.76. The Balaban J connectivity index is 1.68. The zero-order chi connectivity index (χ0) is 22.8. The number of aromatic nitrogens is 4. The van der Waals surface area contributed by atoms with E-state index in [1.165, 1.54) is 0 Å². The fraction of sp³-hybridized carbons (Fsp3) is 0.318. The van der Waals surface area contributed by atoms with Crippen molar-refractivity contribution in [3.05, 3.63) is 58.3 Å². The highest BCUT2D eigenvalue weighted by atomic mass is 35.5. The van der Waals surface area contributed by atoms with Crippen molar-refractivity contribution in [2.75, 3.05) is 35.7 Å². The average molecular weight is 454 g/mol. The summed E-state index contributed by atoms with van der Waals surface area (Å²) >= 11 is 6.46. The van der Waals surface area contributed by atoms with Crippen LogP contribution in [-0.2, 0) is 17.8 Å². The van der Waals surface area contributed by atoms with Crippen LogP contribution in [0.4, 0.5) is 17.5 Å². The second-order valence-corrected chi connectivity index (χ2v) is 7.96. The summed E-state index contributed by atoms with van der Waals surface area (Å²) in [4.78, 5) is 33.8. The van der Waals surface area contributed by atoms with Gasteiger partial charge in [-0.05, 0) is 31.9 Å². The summed E-state index contributed by atoms with van der Waals surface area (Å²) in [5, 5.41) is 0.142. The van der Waals surface area contributed by atoms with Gasteiger partial charge >= 0.3 is 0 Å². The SMILES string of the molecule is COc1c(C)cnc(CN2CC(=O)N(CCc3cccnc3)c3c(Cl)nc(N)nc32)c1C. The van der Waals surface area contributed by atoms with Crippen LogP contribution in [0.5, 0.6) is 5.75 Å². The number of carbonyl (C=O) groups is 1. The van der Waals surface area contributed by atoms with Crippen molar-refractivity contribution >= 4 is 35.0 Å². The molecule has 10 heteroatoms. The monoisotopic (exact) mass is 453 g/mol. The van der Waals surface area contributed by atoms with Crippen LogP contribution in [0.2, 0.25) is 5.15 Å². The standard InChI is InChI=1S/C22H24ClN7O2/c1-13-9-26-16(14(2)19(13)32-3)11-29-12-17(31)30(8-6-15-5-4-7-25-10-15)18-20(23)27-22(24)28-21(18)29/h4-5,7,9-10H,6,8,11-12H2,1-3H3,(H2,24,27,28). The number of hydrogen-bond acceptors (Lipinski definition) is 8. The number of ether oxygens (including phenoxy) is 1. The van der Waals surface area contributed by atoms with E-state index in [-0.39, 0.29) is 23.6 Å². The topological polar surface area (TPSA) is 110 Å². The van der Waals surface area contributed by atoms with E-state index in [2.05, 4.69) is 19.9 Å². The zero-order valence-electron chi connectivity index (χ0n) is 18.2. The number of anilines is 3. The number of nitrogen functional groups attached to an aromatic ring is 1. The Morgan fingerprint density at radius 2 is 2.06 bits per heavy atom. The van der Waals surface area contributed by atoms with Crippen LogP contribution < -0.4 is 20.3 Å². The fourth-order valence-corrected chi connectivity index (χ4v) is 4.17. The largest absolute Gasteiger partial charge is 0.496 e. The lowest BCUT2D eigenvalue weighted by molar-refractivity contribution is -0.117. The van der Waals surface area contributed by atoms with Gasteiger partial charge in [0.05, 0.1) is 25.9 Å². The molecule has 1 aliphatic heterocycles. The maximum Gasteiger partial charge on any atom is 0.246 e. The zero-order valence-corrected chi connectivity index (χ0v) is 18.9. The van der Waals surface area contributed by atoms with E-state index in [4.69, 9.17) is 22.1 Å². The van der Waals surface area contributed by atoms with E-state index >= 15 is 0 Å². The van der Waals surface area contributed by atoms with E-state index in [9.17, 15) is 4.79 Å². The van der Waals surface area contributed by atoms with Crippen molar-refractivity contribution < 1.29 is 9.53 Å². The number of aryl methyl sites for hydroxylation is 1. The first-order valence-electron chi connectivity index (χ1n) is 10.1. The quantitative estimate of drug-likeness (QED) is 0.567. The molecule has 0 atom stereocenters. The van der Waals surface area contributed by atoms with Crippen molar-refractivity contribution in [1.29, 1.82) is 0 Å². The third-order valence-corrected chi connectivity index (χ3v) is 5.74. The Morgan fingerprint density at radius 1 is 1.25 bits per heavy atom. The van der Waals surface area contributed by atoms with Crippen molar-refractivity contribution in [1.82, 2.24) is 19.9 Å². The van der Waals surface area contributed by atoms with Gasteiger partial charge in [-0.3, -0.25) is 14.8 Å². The highest BCUT2D eigenvalue weighted by Gasteiger charge is 2.34. The molecular weight excluding hydrogens is 430 g/mol. The first kappa shape index (κ1) is 21.8. The summed E-state index contributed by atoms with van der Waals surface area (Å²) in [5.41, 5.74) is 10.0. The number of halogens is 1. The number of pyridine rings is 2. The molecule has 0 aromatic carbocycles. The van der Waals surface area contributed by atoms with Crippen LogP contribution in [-0.4, -0.2) is 46.0 Å².